The summed E-state index contributed by atoms with van der Waals surface area (Å²) in [6.07, 6.45) is 0. The van der Waals surface area contributed by atoms with Gasteiger partial charge in [-0.2, -0.15) is 4.98 Å². The van der Waals surface area contributed by atoms with E-state index in [0.717, 1.165) is 35.6 Å². The topological polar surface area (TPSA) is 77.2 Å². The normalized spacial score (nSPS) is 16.0. The van der Waals surface area contributed by atoms with Crippen molar-refractivity contribution >= 4 is 28.5 Å². The average Bonchev–Trinajstić information content (AvgIpc) is 2.47. The maximum Gasteiger partial charge on any atom is 0.225 e. The lowest BCUT2D eigenvalue weighted by Gasteiger charge is -2.28. The van der Waals surface area contributed by atoms with Gasteiger partial charge in [-0.05, 0) is 23.7 Å². The number of aromatic nitrogens is 3. The van der Waals surface area contributed by atoms with E-state index in [1.807, 2.05) is 12.1 Å². The Morgan fingerprint density at radius 2 is 2.00 bits per heavy atom. The Kier molecular flexibility index (Phi) is 3.46. The number of rotatable bonds is 2. The molecule has 0 saturated carbocycles. The van der Waals surface area contributed by atoms with E-state index in [-0.39, 0.29) is 5.28 Å². The Bertz CT molecular complexity index is 600. The van der Waals surface area contributed by atoms with Crippen molar-refractivity contribution in [3.63, 3.8) is 0 Å². The molecule has 0 atom stereocenters. The molecule has 0 amide bonds. The number of hydrogen-bond donors (Lipinski definition) is 1. The fourth-order valence-corrected chi connectivity index (χ4v) is 2.29. The monoisotopic (exact) mass is 279 g/mol. The van der Waals surface area contributed by atoms with Crippen LogP contribution in [-0.2, 0) is 11.3 Å². The number of hydrogen-bond acceptors (Lipinski definition) is 6. The van der Waals surface area contributed by atoms with E-state index < -0.39 is 0 Å². The molecule has 7 heteroatoms. The molecule has 0 unspecified atom stereocenters. The zero-order chi connectivity index (χ0) is 13.2. The highest BCUT2D eigenvalue weighted by Gasteiger charge is 2.18. The molecule has 2 aromatic heterocycles. The first-order valence-corrected chi connectivity index (χ1v) is 6.51. The molecule has 0 spiro atoms. The summed E-state index contributed by atoms with van der Waals surface area (Å²) in [5, 5.41) is 0.233. The molecular weight excluding hydrogens is 266 g/mol. The molecule has 19 heavy (non-hydrogen) atoms. The van der Waals surface area contributed by atoms with Crippen LogP contribution in [0.25, 0.3) is 11.0 Å². The van der Waals surface area contributed by atoms with Crippen LogP contribution in [0.4, 0.5) is 5.82 Å². The third-order valence-corrected chi connectivity index (χ3v) is 3.24. The summed E-state index contributed by atoms with van der Waals surface area (Å²) in [6.45, 7) is 3.30. The van der Waals surface area contributed by atoms with E-state index >= 15 is 0 Å². The van der Waals surface area contributed by atoms with Gasteiger partial charge in [-0.1, -0.05) is 0 Å². The second kappa shape index (κ2) is 5.24. The van der Waals surface area contributed by atoms with Gasteiger partial charge in [-0.25, -0.2) is 9.97 Å². The maximum absolute atomic E-state index is 5.98. The van der Waals surface area contributed by atoms with Crippen molar-refractivity contribution in [2.75, 3.05) is 31.2 Å². The minimum absolute atomic E-state index is 0.233. The zero-order valence-electron chi connectivity index (χ0n) is 10.3. The van der Waals surface area contributed by atoms with E-state index in [2.05, 4.69) is 19.9 Å². The molecule has 2 N–H and O–H groups in total. The van der Waals surface area contributed by atoms with Crippen LogP contribution in [0.1, 0.15) is 5.69 Å². The third-order valence-electron chi connectivity index (χ3n) is 3.07. The standard InChI is InChI=1S/C12H14ClN5O/c13-12-16-9-2-1-8(7-14)15-10(9)11(17-12)18-3-5-19-6-4-18/h1-2H,3-7,14H2. The summed E-state index contributed by atoms with van der Waals surface area (Å²) >= 11 is 5.98. The molecular formula is C12H14ClN5O. The van der Waals surface area contributed by atoms with Gasteiger partial charge in [-0.15, -0.1) is 0 Å². The van der Waals surface area contributed by atoms with Gasteiger partial charge < -0.3 is 15.4 Å². The predicted molar refractivity (Wildman–Crippen MR) is 73.3 cm³/mol. The van der Waals surface area contributed by atoms with Gasteiger partial charge in [0.1, 0.15) is 5.52 Å². The number of morpholine rings is 1. The van der Waals surface area contributed by atoms with Crippen LogP contribution in [0, 0.1) is 0 Å². The number of anilines is 1. The Hall–Kier alpha value is -1.50. The van der Waals surface area contributed by atoms with Gasteiger partial charge >= 0.3 is 0 Å². The van der Waals surface area contributed by atoms with Gasteiger partial charge in [0.25, 0.3) is 0 Å². The van der Waals surface area contributed by atoms with E-state index in [0.29, 0.717) is 19.8 Å². The maximum atomic E-state index is 5.98. The number of fused-ring (bicyclic) bond motifs is 1. The molecule has 0 radical (unpaired) electrons. The lowest BCUT2D eigenvalue weighted by Crippen LogP contribution is -2.37. The predicted octanol–water partition coefficient (Wildman–Crippen LogP) is 0.973. The Labute approximate surface area is 115 Å². The quantitative estimate of drug-likeness (QED) is 0.826. The summed E-state index contributed by atoms with van der Waals surface area (Å²) in [5.74, 6) is 0.758. The van der Waals surface area contributed by atoms with Crippen molar-refractivity contribution < 1.29 is 4.74 Å². The largest absolute Gasteiger partial charge is 0.378 e. The van der Waals surface area contributed by atoms with Crippen molar-refractivity contribution in [2.24, 2.45) is 5.73 Å². The van der Waals surface area contributed by atoms with Crippen LogP contribution >= 0.6 is 11.6 Å². The van der Waals surface area contributed by atoms with Crippen molar-refractivity contribution in [1.82, 2.24) is 15.0 Å². The lowest BCUT2D eigenvalue weighted by atomic mass is 10.2. The SMILES string of the molecule is NCc1ccc2nc(Cl)nc(N3CCOCC3)c2n1. The van der Waals surface area contributed by atoms with Crippen LogP contribution in [0.5, 0.6) is 0 Å². The number of halogens is 1. The molecule has 100 valence electrons. The van der Waals surface area contributed by atoms with Gasteiger partial charge in [0.05, 0.1) is 24.4 Å². The van der Waals surface area contributed by atoms with Gasteiger partial charge in [-0.3, -0.25) is 0 Å². The summed E-state index contributed by atoms with van der Waals surface area (Å²) in [7, 11) is 0. The zero-order valence-corrected chi connectivity index (χ0v) is 11.1. The minimum atomic E-state index is 0.233. The van der Waals surface area contributed by atoms with Crippen molar-refractivity contribution in [1.29, 1.82) is 0 Å². The smallest absolute Gasteiger partial charge is 0.225 e. The van der Waals surface area contributed by atoms with E-state index in [9.17, 15) is 0 Å². The van der Waals surface area contributed by atoms with E-state index in [1.54, 1.807) is 0 Å². The molecule has 1 aliphatic heterocycles. The molecule has 0 aliphatic carbocycles. The number of nitrogens with zero attached hydrogens (tertiary/aromatic N) is 4. The first-order chi connectivity index (χ1) is 9.28. The Balaban J connectivity index is 2.14. The molecule has 1 saturated heterocycles. The molecule has 3 heterocycles. The summed E-state index contributed by atoms with van der Waals surface area (Å²) in [5.41, 5.74) is 7.93. The molecule has 2 aromatic rings. The molecule has 0 bridgehead atoms. The van der Waals surface area contributed by atoms with Crippen LogP contribution in [0.15, 0.2) is 12.1 Å². The number of nitrogens with two attached hydrogens (primary N) is 1. The molecule has 1 aliphatic rings. The van der Waals surface area contributed by atoms with E-state index in [4.69, 9.17) is 22.1 Å². The average molecular weight is 280 g/mol. The third kappa shape index (κ3) is 2.47. The first kappa shape index (κ1) is 12.5. The number of ether oxygens (including phenoxy) is 1. The van der Waals surface area contributed by atoms with Crippen molar-refractivity contribution in [3.05, 3.63) is 23.1 Å². The lowest BCUT2D eigenvalue weighted by molar-refractivity contribution is 0.122. The molecule has 6 nitrogen and oxygen atoms in total. The Morgan fingerprint density at radius 1 is 1.21 bits per heavy atom. The van der Waals surface area contributed by atoms with Crippen molar-refractivity contribution in [2.45, 2.75) is 6.54 Å². The highest BCUT2D eigenvalue weighted by Crippen LogP contribution is 2.24. The van der Waals surface area contributed by atoms with E-state index in [1.165, 1.54) is 0 Å². The highest BCUT2D eigenvalue weighted by molar-refractivity contribution is 6.28. The van der Waals surface area contributed by atoms with Gasteiger partial charge in [0, 0.05) is 19.6 Å². The molecule has 1 fully saturated rings. The van der Waals surface area contributed by atoms with Crippen LogP contribution in [0.3, 0.4) is 0 Å². The molecule has 3 rings (SSSR count). The van der Waals surface area contributed by atoms with Crippen molar-refractivity contribution in [3.8, 4) is 0 Å². The number of pyridine rings is 1. The fraction of sp³-hybridized carbons (Fsp3) is 0.417. The summed E-state index contributed by atoms with van der Waals surface area (Å²) < 4.78 is 5.35. The second-order valence-corrected chi connectivity index (χ2v) is 4.63. The molecule has 0 aromatic carbocycles. The van der Waals surface area contributed by atoms with Crippen LogP contribution in [-0.4, -0.2) is 41.3 Å². The van der Waals surface area contributed by atoms with Gasteiger partial charge in [0.15, 0.2) is 5.82 Å². The van der Waals surface area contributed by atoms with Crippen LogP contribution in [0.2, 0.25) is 5.28 Å². The first-order valence-electron chi connectivity index (χ1n) is 6.14. The van der Waals surface area contributed by atoms with Crippen LogP contribution < -0.4 is 10.6 Å². The highest BCUT2D eigenvalue weighted by atomic mass is 35.5. The second-order valence-electron chi connectivity index (χ2n) is 4.29. The minimum Gasteiger partial charge on any atom is -0.378 e. The Morgan fingerprint density at radius 3 is 2.74 bits per heavy atom. The summed E-state index contributed by atoms with van der Waals surface area (Å²) in [6, 6.07) is 3.73. The van der Waals surface area contributed by atoms with Gasteiger partial charge in [0.2, 0.25) is 5.28 Å². The summed E-state index contributed by atoms with van der Waals surface area (Å²) in [4.78, 5) is 15.2. The fourth-order valence-electron chi connectivity index (χ4n) is 2.12.